The standard InChI is InChI=1S/C21H25BrN4O4/c1-5-9-25-19-17(20(27)26(10-6-2)21(25)28)23-16(24-19)8-7-13-11-14(22)18(30-4)15(12-13)29-3/h7-8,11-12H,5-6,9-10H2,1-4H3,(H,23,24). The van der Waals surface area contributed by atoms with Crippen molar-refractivity contribution in [3.05, 3.63) is 48.8 Å². The fraction of sp³-hybridized carbons (Fsp3) is 0.381. The van der Waals surface area contributed by atoms with Crippen LogP contribution in [-0.4, -0.2) is 33.3 Å². The first-order chi connectivity index (χ1) is 14.4. The van der Waals surface area contributed by atoms with Crippen molar-refractivity contribution in [2.45, 2.75) is 39.8 Å². The molecule has 160 valence electrons. The van der Waals surface area contributed by atoms with Crippen molar-refractivity contribution in [3.8, 4) is 11.5 Å². The molecule has 0 saturated carbocycles. The number of halogens is 1. The summed E-state index contributed by atoms with van der Waals surface area (Å²) >= 11 is 3.48. The summed E-state index contributed by atoms with van der Waals surface area (Å²) in [6.45, 7) is 4.79. The maximum atomic E-state index is 12.8. The maximum absolute atomic E-state index is 12.8. The summed E-state index contributed by atoms with van der Waals surface area (Å²) in [6.07, 6.45) is 5.06. The lowest BCUT2D eigenvalue weighted by atomic mass is 10.2. The normalized spacial score (nSPS) is 11.5. The minimum atomic E-state index is -0.342. The Hall–Kier alpha value is -2.81. The molecule has 30 heavy (non-hydrogen) atoms. The van der Waals surface area contributed by atoms with E-state index in [4.69, 9.17) is 9.47 Å². The van der Waals surface area contributed by atoms with E-state index in [1.807, 2.05) is 32.1 Å². The van der Waals surface area contributed by atoms with Crippen molar-refractivity contribution in [2.75, 3.05) is 14.2 Å². The van der Waals surface area contributed by atoms with Crippen LogP contribution < -0.4 is 20.7 Å². The first kappa shape index (κ1) is 21.9. The largest absolute Gasteiger partial charge is 0.493 e. The molecule has 2 aromatic heterocycles. The second-order valence-corrected chi connectivity index (χ2v) is 7.64. The van der Waals surface area contributed by atoms with Crippen LogP contribution in [0.4, 0.5) is 0 Å². The van der Waals surface area contributed by atoms with Crippen molar-refractivity contribution in [1.82, 2.24) is 19.1 Å². The molecule has 1 N–H and O–H groups in total. The Balaban J connectivity index is 2.09. The lowest BCUT2D eigenvalue weighted by Gasteiger charge is -2.10. The third kappa shape index (κ3) is 4.07. The van der Waals surface area contributed by atoms with Gasteiger partial charge >= 0.3 is 5.69 Å². The monoisotopic (exact) mass is 476 g/mol. The number of H-pyrrole nitrogens is 1. The number of ether oxygens (including phenoxy) is 2. The number of aromatic nitrogens is 4. The lowest BCUT2D eigenvalue weighted by Crippen LogP contribution is -2.40. The van der Waals surface area contributed by atoms with Crippen LogP contribution in [0.15, 0.2) is 26.2 Å². The molecule has 3 rings (SSSR count). The van der Waals surface area contributed by atoms with E-state index in [0.29, 0.717) is 48.0 Å². The Morgan fingerprint density at radius 1 is 1.07 bits per heavy atom. The minimum Gasteiger partial charge on any atom is -0.493 e. The molecule has 0 fully saturated rings. The van der Waals surface area contributed by atoms with Gasteiger partial charge in [-0.3, -0.25) is 13.9 Å². The molecule has 0 unspecified atom stereocenters. The minimum absolute atomic E-state index is 0.318. The van der Waals surface area contributed by atoms with E-state index >= 15 is 0 Å². The molecule has 0 aliphatic rings. The van der Waals surface area contributed by atoms with E-state index in [-0.39, 0.29) is 11.2 Å². The summed E-state index contributed by atoms with van der Waals surface area (Å²) in [7, 11) is 3.15. The van der Waals surface area contributed by atoms with Crippen LogP contribution in [-0.2, 0) is 13.1 Å². The summed E-state index contributed by atoms with van der Waals surface area (Å²) in [6, 6.07) is 3.73. The fourth-order valence-corrected chi connectivity index (χ4v) is 3.94. The van der Waals surface area contributed by atoms with Crippen LogP contribution in [0.25, 0.3) is 23.3 Å². The number of benzene rings is 1. The molecule has 0 saturated heterocycles. The number of hydrogen-bond acceptors (Lipinski definition) is 5. The van der Waals surface area contributed by atoms with Crippen LogP contribution in [0.1, 0.15) is 38.1 Å². The molecule has 3 aromatic rings. The first-order valence-electron chi connectivity index (χ1n) is 9.78. The highest BCUT2D eigenvalue weighted by Crippen LogP contribution is 2.36. The van der Waals surface area contributed by atoms with E-state index in [9.17, 15) is 9.59 Å². The molecule has 2 heterocycles. The highest BCUT2D eigenvalue weighted by atomic mass is 79.9. The molecule has 0 radical (unpaired) electrons. The third-order valence-corrected chi connectivity index (χ3v) is 5.25. The number of aryl methyl sites for hydroxylation is 1. The predicted molar refractivity (Wildman–Crippen MR) is 121 cm³/mol. The van der Waals surface area contributed by atoms with Crippen molar-refractivity contribution in [3.63, 3.8) is 0 Å². The van der Waals surface area contributed by atoms with Gasteiger partial charge < -0.3 is 14.5 Å². The van der Waals surface area contributed by atoms with Gasteiger partial charge in [0.15, 0.2) is 17.1 Å². The van der Waals surface area contributed by atoms with Crippen molar-refractivity contribution >= 4 is 39.2 Å². The molecule has 0 amide bonds. The number of aromatic amines is 1. The summed E-state index contributed by atoms with van der Waals surface area (Å²) in [4.78, 5) is 33.1. The molecule has 9 heteroatoms. The zero-order valence-corrected chi connectivity index (χ0v) is 19.1. The van der Waals surface area contributed by atoms with Gasteiger partial charge in [-0.05, 0) is 52.5 Å². The van der Waals surface area contributed by atoms with E-state index < -0.39 is 0 Å². The van der Waals surface area contributed by atoms with Crippen LogP contribution in [0, 0.1) is 0 Å². The smallest absolute Gasteiger partial charge is 0.332 e. The summed E-state index contributed by atoms with van der Waals surface area (Å²) in [5.74, 6) is 1.69. The van der Waals surface area contributed by atoms with E-state index in [1.165, 1.54) is 4.57 Å². The van der Waals surface area contributed by atoms with Gasteiger partial charge in [0.25, 0.3) is 5.56 Å². The molecule has 0 spiro atoms. The van der Waals surface area contributed by atoms with Gasteiger partial charge in [0.2, 0.25) is 0 Å². The van der Waals surface area contributed by atoms with Gasteiger partial charge in [0, 0.05) is 13.1 Å². The second kappa shape index (κ2) is 9.34. The number of nitrogens with zero attached hydrogens (tertiary/aromatic N) is 3. The molecule has 8 nitrogen and oxygen atoms in total. The average molecular weight is 477 g/mol. The van der Waals surface area contributed by atoms with Gasteiger partial charge in [0.05, 0.1) is 18.7 Å². The van der Waals surface area contributed by atoms with Gasteiger partial charge in [0.1, 0.15) is 11.3 Å². The molecular formula is C21H25BrN4O4. The van der Waals surface area contributed by atoms with E-state index in [2.05, 4.69) is 25.9 Å². The summed E-state index contributed by atoms with van der Waals surface area (Å²) in [5, 5.41) is 0. The molecule has 0 bridgehead atoms. The molecular weight excluding hydrogens is 452 g/mol. The first-order valence-corrected chi connectivity index (χ1v) is 10.6. The Bertz CT molecular complexity index is 1210. The quantitative estimate of drug-likeness (QED) is 0.535. The van der Waals surface area contributed by atoms with Crippen LogP contribution in [0.3, 0.4) is 0 Å². The topological polar surface area (TPSA) is 91.1 Å². The maximum Gasteiger partial charge on any atom is 0.332 e. The molecule has 1 aromatic carbocycles. The number of nitrogens with one attached hydrogen (secondary N) is 1. The fourth-order valence-electron chi connectivity index (χ4n) is 3.32. The predicted octanol–water partition coefficient (Wildman–Crippen LogP) is 3.66. The molecule has 0 atom stereocenters. The molecule has 0 aliphatic heterocycles. The highest BCUT2D eigenvalue weighted by molar-refractivity contribution is 9.10. The third-order valence-electron chi connectivity index (χ3n) is 4.66. The van der Waals surface area contributed by atoms with Gasteiger partial charge in [-0.2, -0.15) is 0 Å². The second-order valence-electron chi connectivity index (χ2n) is 6.78. The van der Waals surface area contributed by atoms with Crippen molar-refractivity contribution in [1.29, 1.82) is 0 Å². The van der Waals surface area contributed by atoms with Crippen LogP contribution in [0.2, 0.25) is 0 Å². The van der Waals surface area contributed by atoms with Crippen LogP contribution in [0.5, 0.6) is 11.5 Å². The van der Waals surface area contributed by atoms with Gasteiger partial charge in [-0.1, -0.05) is 19.9 Å². The SMILES string of the molecule is CCCn1c(=O)c2[nH]c(C=Cc3cc(Br)c(OC)c(OC)c3)nc2n(CCC)c1=O. The van der Waals surface area contributed by atoms with Crippen molar-refractivity contribution in [2.24, 2.45) is 0 Å². The average Bonchev–Trinajstić information content (AvgIpc) is 3.16. The van der Waals surface area contributed by atoms with Crippen molar-refractivity contribution < 1.29 is 9.47 Å². The zero-order chi connectivity index (χ0) is 21.8. The number of methoxy groups -OCH3 is 2. The zero-order valence-electron chi connectivity index (χ0n) is 17.5. The number of fused-ring (bicyclic) bond motifs is 1. The Labute approximate surface area is 182 Å². The Morgan fingerprint density at radius 3 is 2.40 bits per heavy atom. The van der Waals surface area contributed by atoms with E-state index in [0.717, 1.165) is 16.5 Å². The van der Waals surface area contributed by atoms with Crippen LogP contribution >= 0.6 is 15.9 Å². The Kier molecular flexibility index (Phi) is 6.81. The molecule has 0 aliphatic carbocycles. The van der Waals surface area contributed by atoms with E-state index in [1.54, 1.807) is 24.9 Å². The number of imidazole rings is 1. The Morgan fingerprint density at radius 2 is 1.77 bits per heavy atom. The number of hydrogen-bond donors (Lipinski definition) is 1. The highest BCUT2D eigenvalue weighted by Gasteiger charge is 2.16. The van der Waals surface area contributed by atoms with Gasteiger partial charge in [-0.15, -0.1) is 0 Å². The summed E-state index contributed by atoms with van der Waals surface area (Å²) in [5.41, 5.74) is 0.915. The summed E-state index contributed by atoms with van der Waals surface area (Å²) < 4.78 is 14.3. The van der Waals surface area contributed by atoms with Gasteiger partial charge in [-0.25, -0.2) is 9.78 Å². The number of rotatable bonds is 8. The lowest BCUT2D eigenvalue weighted by molar-refractivity contribution is 0.353.